The highest BCUT2D eigenvalue weighted by Gasteiger charge is 2.28. The first kappa shape index (κ1) is 17.5. The Bertz CT molecular complexity index is 729. The van der Waals surface area contributed by atoms with Crippen molar-refractivity contribution in [1.82, 2.24) is 10.2 Å². The van der Waals surface area contributed by atoms with Crippen LogP contribution < -0.4 is 10.1 Å². The second-order valence-corrected chi connectivity index (χ2v) is 6.66. The quantitative estimate of drug-likeness (QED) is 0.878. The lowest BCUT2D eigenvalue weighted by atomic mass is 10.1. The van der Waals surface area contributed by atoms with Crippen molar-refractivity contribution < 1.29 is 9.53 Å². The lowest BCUT2D eigenvalue weighted by Crippen LogP contribution is -2.40. The second kappa shape index (κ2) is 8.17. The van der Waals surface area contributed by atoms with Crippen molar-refractivity contribution in [2.75, 3.05) is 20.1 Å². The summed E-state index contributed by atoms with van der Waals surface area (Å²) in [4.78, 5) is 14.8. The Balaban J connectivity index is 1.67. The maximum absolute atomic E-state index is 12.8. The molecule has 1 saturated heterocycles. The lowest BCUT2D eigenvalue weighted by molar-refractivity contribution is 0.0736. The number of likely N-dealkylation sites (N-methyl/N-ethyl adjacent to an activating group) is 1. The molecule has 0 spiro atoms. The summed E-state index contributed by atoms with van der Waals surface area (Å²) in [5.41, 5.74) is 3.05. The molecule has 0 saturated carbocycles. The molecule has 0 bridgehead atoms. The fourth-order valence-electron chi connectivity index (χ4n) is 3.40. The largest absolute Gasteiger partial charge is 0.489 e. The van der Waals surface area contributed by atoms with Crippen LogP contribution >= 0.6 is 0 Å². The van der Waals surface area contributed by atoms with Gasteiger partial charge in [-0.05, 0) is 50.6 Å². The molecule has 2 aromatic rings. The van der Waals surface area contributed by atoms with E-state index in [2.05, 4.69) is 30.4 Å². The minimum absolute atomic E-state index is 0.0961. The van der Waals surface area contributed by atoms with Gasteiger partial charge < -0.3 is 15.0 Å². The number of ether oxygens (including phenoxy) is 1. The van der Waals surface area contributed by atoms with Gasteiger partial charge in [-0.1, -0.05) is 35.9 Å². The molecule has 0 aliphatic carbocycles. The molecule has 1 N–H and O–H groups in total. The lowest BCUT2D eigenvalue weighted by Gasteiger charge is -2.24. The van der Waals surface area contributed by atoms with Crippen LogP contribution in [0, 0.1) is 6.92 Å². The summed E-state index contributed by atoms with van der Waals surface area (Å²) >= 11 is 0. The third-order valence-corrected chi connectivity index (χ3v) is 4.65. The predicted molar refractivity (Wildman–Crippen MR) is 99.9 cm³/mol. The molecule has 1 atom stereocenters. The molecule has 1 fully saturated rings. The maximum Gasteiger partial charge on any atom is 0.254 e. The molecule has 1 unspecified atom stereocenters. The molecule has 1 aliphatic rings. The Morgan fingerprint density at radius 3 is 2.88 bits per heavy atom. The minimum atomic E-state index is 0.0961. The van der Waals surface area contributed by atoms with Crippen molar-refractivity contribution in [1.29, 1.82) is 0 Å². The summed E-state index contributed by atoms with van der Waals surface area (Å²) in [5, 5.41) is 3.18. The number of nitrogens with one attached hydrogen (secondary N) is 1. The Labute approximate surface area is 149 Å². The Hall–Kier alpha value is -2.33. The highest BCUT2D eigenvalue weighted by Crippen LogP contribution is 2.22. The molecule has 1 aliphatic heterocycles. The van der Waals surface area contributed by atoms with Crippen LogP contribution in [0.1, 0.15) is 34.3 Å². The van der Waals surface area contributed by atoms with Gasteiger partial charge in [0.2, 0.25) is 0 Å². The first-order valence-electron chi connectivity index (χ1n) is 8.91. The molecule has 132 valence electrons. The van der Waals surface area contributed by atoms with E-state index in [0.29, 0.717) is 12.2 Å². The van der Waals surface area contributed by atoms with E-state index in [1.807, 2.05) is 42.3 Å². The van der Waals surface area contributed by atoms with E-state index in [1.54, 1.807) is 0 Å². The molecule has 0 radical (unpaired) electrons. The average Bonchev–Trinajstić information content (AvgIpc) is 3.08. The number of hydrogen-bond acceptors (Lipinski definition) is 3. The smallest absolute Gasteiger partial charge is 0.254 e. The van der Waals surface area contributed by atoms with Gasteiger partial charge in [0.1, 0.15) is 12.4 Å². The fraction of sp³-hybridized carbons (Fsp3) is 0.381. The molecular weight excluding hydrogens is 312 g/mol. The van der Waals surface area contributed by atoms with Crippen LogP contribution in [0.4, 0.5) is 0 Å². The summed E-state index contributed by atoms with van der Waals surface area (Å²) in [5.74, 6) is 0.829. The molecule has 0 aromatic heterocycles. The van der Waals surface area contributed by atoms with Crippen molar-refractivity contribution in [3.63, 3.8) is 0 Å². The number of aryl methyl sites for hydroxylation is 1. The molecule has 25 heavy (non-hydrogen) atoms. The molecular formula is C21H26N2O2. The monoisotopic (exact) mass is 338 g/mol. The SMILES string of the molecule is CNCC1CCCN1C(=O)c1cccc(OCc2cccc(C)c2)c1. The normalized spacial score (nSPS) is 16.9. The Morgan fingerprint density at radius 1 is 1.24 bits per heavy atom. The zero-order valence-corrected chi connectivity index (χ0v) is 15.0. The number of carbonyl (C=O) groups is 1. The first-order chi connectivity index (χ1) is 12.2. The van der Waals surface area contributed by atoms with E-state index < -0.39 is 0 Å². The first-order valence-corrected chi connectivity index (χ1v) is 8.91. The number of likely N-dealkylation sites (tertiary alicyclic amines) is 1. The van der Waals surface area contributed by atoms with Crippen LogP contribution in [-0.2, 0) is 6.61 Å². The molecule has 3 rings (SSSR count). The third kappa shape index (κ3) is 4.40. The van der Waals surface area contributed by atoms with Crippen molar-refractivity contribution in [3.8, 4) is 5.75 Å². The standard InChI is InChI=1S/C21H26N2O2/c1-16-6-3-7-17(12-16)15-25-20-10-4-8-18(13-20)21(24)23-11-5-9-19(23)14-22-2/h3-4,6-8,10,12-13,19,22H,5,9,11,14-15H2,1-2H3. The van der Waals surface area contributed by atoms with Gasteiger partial charge in [-0.3, -0.25) is 4.79 Å². The zero-order valence-electron chi connectivity index (χ0n) is 15.0. The van der Waals surface area contributed by atoms with Gasteiger partial charge in [0.05, 0.1) is 0 Å². The van der Waals surface area contributed by atoms with Gasteiger partial charge in [-0.15, -0.1) is 0 Å². The number of nitrogens with zero attached hydrogens (tertiary/aromatic N) is 1. The highest BCUT2D eigenvalue weighted by molar-refractivity contribution is 5.95. The summed E-state index contributed by atoms with van der Waals surface area (Å²) < 4.78 is 5.89. The van der Waals surface area contributed by atoms with Gasteiger partial charge in [0.15, 0.2) is 0 Å². The summed E-state index contributed by atoms with van der Waals surface area (Å²) in [7, 11) is 1.93. The number of rotatable bonds is 6. The predicted octanol–water partition coefficient (Wildman–Crippen LogP) is 3.40. The molecule has 1 heterocycles. The number of hydrogen-bond donors (Lipinski definition) is 1. The summed E-state index contributed by atoms with van der Waals surface area (Å²) in [6.45, 7) is 4.25. The van der Waals surface area contributed by atoms with E-state index in [4.69, 9.17) is 4.74 Å². The molecule has 4 heteroatoms. The minimum Gasteiger partial charge on any atom is -0.489 e. The van der Waals surface area contributed by atoms with Gasteiger partial charge in [-0.2, -0.15) is 0 Å². The van der Waals surface area contributed by atoms with Crippen molar-refractivity contribution >= 4 is 5.91 Å². The number of carbonyl (C=O) groups excluding carboxylic acids is 1. The molecule has 4 nitrogen and oxygen atoms in total. The zero-order chi connectivity index (χ0) is 17.6. The second-order valence-electron chi connectivity index (χ2n) is 6.66. The summed E-state index contributed by atoms with van der Waals surface area (Å²) in [6.07, 6.45) is 2.14. The van der Waals surface area contributed by atoms with Crippen LogP contribution in [0.3, 0.4) is 0 Å². The summed E-state index contributed by atoms with van der Waals surface area (Å²) in [6, 6.07) is 16.1. The van der Waals surface area contributed by atoms with E-state index in [-0.39, 0.29) is 11.9 Å². The van der Waals surface area contributed by atoms with E-state index in [1.165, 1.54) is 5.56 Å². The topological polar surface area (TPSA) is 41.6 Å². The molecule has 1 amide bonds. The highest BCUT2D eigenvalue weighted by atomic mass is 16.5. The van der Waals surface area contributed by atoms with E-state index >= 15 is 0 Å². The van der Waals surface area contributed by atoms with E-state index in [9.17, 15) is 4.79 Å². The Morgan fingerprint density at radius 2 is 2.08 bits per heavy atom. The van der Waals surface area contributed by atoms with Crippen LogP contribution in [0.5, 0.6) is 5.75 Å². The van der Waals surface area contributed by atoms with Crippen molar-refractivity contribution in [2.45, 2.75) is 32.4 Å². The number of benzene rings is 2. The Kier molecular flexibility index (Phi) is 5.71. The average molecular weight is 338 g/mol. The van der Waals surface area contributed by atoms with Gasteiger partial charge >= 0.3 is 0 Å². The van der Waals surface area contributed by atoms with E-state index in [0.717, 1.165) is 37.2 Å². The number of amides is 1. The van der Waals surface area contributed by atoms with Crippen LogP contribution in [0.15, 0.2) is 48.5 Å². The van der Waals surface area contributed by atoms with Crippen molar-refractivity contribution in [3.05, 3.63) is 65.2 Å². The third-order valence-electron chi connectivity index (χ3n) is 4.65. The van der Waals surface area contributed by atoms with Gasteiger partial charge in [0, 0.05) is 24.7 Å². The van der Waals surface area contributed by atoms with Crippen LogP contribution in [-0.4, -0.2) is 37.0 Å². The van der Waals surface area contributed by atoms with Crippen molar-refractivity contribution in [2.24, 2.45) is 0 Å². The van der Waals surface area contributed by atoms with Crippen LogP contribution in [0.2, 0.25) is 0 Å². The van der Waals surface area contributed by atoms with Gasteiger partial charge in [0.25, 0.3) is 5.91 Å². The van der Waals surface area contributed by atoms with Crippen LogP contribution in [0.25, 0.3) is 0 Å². The fourth-order valence-corrected chi connectivity index (χ4v) is 3.40. The molecule has 2 aromatic carbocycles. The van der Waals surface area contributed by atoms with Gasteiger partial charge in [-0.25, -0.2) is 0 Å². The maximum atomic E-state index is 12.8.